The van der Waals surface area contributed by atoms with Crippen LogP contribution in [0.25, 0.3) is 5.65 Å². The monoisotopic (exact) mass is 282 g/mol. The summed E-state index contributed by atoms with van der Waals surface area (Å²) >= 11 is 0. The minimum atomic E-state index is -0.340. The molecule has 1 N–H and O–H groups in total. The van der Waals surface area contributed by atoms with Gasteiger partial charge in [0.05, 0.1) is 12.7 Å². The average molecular weight is 282 g/mol. The lowest BCUT2D eigenvalue weighted by atomic mass is 10.1. The maximum absolute atomic E-state index is 11.6. The van der Waals surface area contributed by atoms with Crippen LogP contribution in [-0.4, -0.2) is 27.4 Å². The van der Waals surface area contributed by atoms with Gasteiger partial charge in [0.15, 0.2) is 11.5 Å². The largest absolute Gasteiger partial charge is 0.465 e. The molecule has 106 valence electrons. The molecule has 3 rings (SSSR count). The van der Waals surface area contributed by atoms with E-state index in [4.69, 9.17) is 4.74 Å². The smallest absolute Gasteiger partial charge is 0.338 e. The summed E-state index contributed by atoms with van der Waals surface area (Å²) < 4.78 is 6.62. The van der Waals surface area contributed by atoms with Gasteiger partial charge in [-0.25, -0.2) is 14.8 Å². The summed E-state index contributed by atoms with van der Waals surface area (Å²) in [5.41, 5.74) is 2.97. The van der Waals surface area contributed by atoms with Gasteiger partial charge in [-0.05, 0) is 30.7 Å². The number of methoxy groups -OCH3 is 1. The van der Waals surface area contributed by atoms with Gasteiger partial charge in [0.1, 0.15) is 0 Å². The van der Waals surface area contributed by atoms with Gasteiger partial charge >= 0.3 is 5.97 Å². The number of benzene rings is 1. The van der Waals surface area contributed by atoms with Crippen LogP contribution in [0.1, 0.15) is 15.9 Å². The van der Waals surface area contributed by atoms with Gasteiger partial charge in [0, 0.05) is 30.5 Å². The molecule has 0 unspecified atom stereocenters. The molecule has 0 aliphatic carbocycles. The molecule has 0 amide bonds. The zero-order chi connectivity index (χ0) is 14.8. The van der Waals surface area contributed by atoms with Crippen molar-refractivity contribution in [3.63, 3.8) is 0 Å². The first-order valence-corrected chi connectivity index (χ1v) is 6.42. The summed E-state index contributed by atoms with van der Waals surface area (Å²) in [4.78, 5) is 20.1. The molecule has 0 saturated heterocycles. The van der Waals surface area contributed by atoms with Gasteiger partial charge in [-0.1, -0.05) is 0 Å². The summed E-state index contributed by atoms with van der Waals surface area (Å²) in [6.45, 7) is 1.86. The Morgan fingerprint density at radius 1 is 1.24 bits per heavy atom. The number of rotatable bonds is 3. The summed E-state index contributed by atoms with van der Waals surface area (Å²) in [5.74, 6) is 0.320. The molecule has 6 nitrogen and oxygen atoms in total. The SMILES string of the molecule is COC(=O)c1ccc(Nc2nccn3ccnc23)cc1C. The van der Waals surface area contributed by atoms with E-state index < -0.39 is 0 Å². The number of hydrogen-bond donors (Lipinski definition) is 1. The number of anilines is 2. The molecule has 0 atom stereocenters. The van der Waals surface area contributed by atoms with Crippen LogP contribution in [-0.2, 0) is 4.74 Å². The Balaban J connectivity index is 1.93. The van der Waals surface area contributed by atoms with E-state index >= 15 is 0 Å². The molecule has 0 saturated carbocycles. The molecule has 0 aliphatic rings. The molecule has 3 aromatic rings. The Morgan fingerprint density at radius 3 is 2.71 bits per heavy atom. The second-order valence-electron chi connectivity index (χ2n) is 4.58. The molecule has 6 heteroatoms. The van der Waals surface area contributed by atoms with Crippen molar-refractivity contribution in [1.82, 2.24) is 14.4 Å². The second kappa shape index (κ2) is 5.24. The highest BCUT2D eigenvalue weighted by molar-refractivity contribution is 5.91. The van der Waals surface area contributed by atoms with Crippen LogP contribution >= 0.6 is 0 Å². The third-order valence-electron chi connectivity index (χ3n) is 3.21. The molecule has 2 heterocycles. The molecule has 0 fully saturated rings. The first-order chi connectivity index (χ1) is 10.2. The van der Waals surface area contributed by atoms with E-state index in [1.165, 1.54) is 7.11 Å². The predicted molar refractivity (Wildman–Crippen MR) is 78.8 cm³/mol. The molecule has 0 spiro atoms. The van der Waals surface area contributed by atoms with Gasteiger partial charge in [0.2, 0.25) is 0 Å². The number of fused-ring (bicyclic) bond motifs is 1. The maximum Gasteiger partial charge on any atom is 0.338 e. The lowest BCUT2D eigenvalue weighted by molar-refractivity contribution is 0.0600. The number of ether oxygens (including phenoxy) is 1. The number of aromatic nitrogens is 3. The standard InChI is InChI=1S/C15H14N4O2/c1-10-9-11(3-4-12(10)15(20)21-2)18-13-14-17-6-8-19(14)7-5-16-13/h3-9H,1-2H3,(H,16,18). The van der Waals surface area contributed by atoms with Crippen molar-refractivity contribution in [2.75, 3.05) is 12.4 Å². The average Bonchev–Trinajstić information content (AvgIpc) is 2.96. The van der Waals surface area contributed by atoms with Crippen LogP contribution in [0, 0.1) is 6.92 Å². The van der Waals surface area contributed by atoms with Crippen LogP contribution in [0.3, 0.4) is 0 Å². The van der Waals surface area contributed by atoms with E-state index in [2.05, 4.69) is 15.3 Å². The zero-order valence-electron chi connectivity index (χ0n) is 11.7. The number of carbonyl (C=O) groups excluding carboxylic acids is 1. The van der Waals surface area contributed by atoms with Crippen molar-refractivity contribution in [2.24, 2.45) is 0 Å². The molecular weight excluding hydrogens is 268 g/mol. The van der Waals surface area contributed by atoms with Crippen LogP contribution in [0.15, 0.2) is 43.0 Å². The lowest BCUT2D eigenvalue weighted by Crippen LogP contribution is -2.04. The Morgan fingerprint density at radius 2 is 2.00 bits per heavy atom. The van der Waals surface area contributed by atoms with Crippen molar-refractivity contribution in [3.8, 4) is 0 Å². The first kappa shape index (κ1) is 13.1. The number of aryl methyl sites for hydroxylation is 1. The Hall–Kier alpha value is -2.89. The number of esters is 1. The molecular formula is C15H14N4O2. The third-order valence-corrected chi connectivity index (χ3v) is 3.21. The van der Waals surface area contributed by atoms with Crippen LogP contribution in [0.2, 0.25) is 0 Å². The highest BCUT2D eigenvalue weighted by Gasteiger charge is 2.10. The van der Waals surface area contributed by atoms with Crippen molar-refractivity contribution >= 4 is 23.1 Å². The highest BCUT2D eigenvalue weighted by Crippen LogP contribution is 2.21. The van der Waals surface area contributed by atoms with Gasteiger partial charge in [-0.3, -0.25) is 0 Å². The van der Waals surface area contributed by atoms with Crippen molar-refractivity contribution in [2.45, 2.75) is 6.92 Å². The summed E-state index contributed by atoms with van der Waals surface area (Å²) in [7, 11) is 1.37. The molecule has 21 heavy (non-hydrogen) atoms. The number of imidazole rings is 1. The highest BCUT2D eigenvalue weighted by atomic mass is 16.5. The Kier molecular flexibility index (Phi) is 3.27. The quantitative estimate of drug-likeness (QED) is 0.748. The fourth-order valence-electron chi connectivity index (χ4n) is 2.16. The molecule has 1 aromatic carbocycles. The molecule has 0 bridgehead atoms. The topological polar surface area (TPSA) is 68.5 Å². The van der Waals surface area contributed by atoms with E-state index in [0.29, 0.717) is 11.4 Å². The zero-order valence-corrected chi connectivity index (χ0v) is 11.7. The van der Waals surface area contributed by atoms with Crippen molar-refractivity contribution < 1.29 is 9.53 Å². The van der Waals surface area contributed by atoms with Crippen molar-refractivity contribution in [3.05, 3.63) is 54.1 Å². The predicted octanol–water partition coefficient (Wildman–Crippen LogP) is 2.57. The Labute approximate surface area is 121 Å². The number of nitrogens with one attached hydrogen (secondary N) is 1. The van der Waals surface area contributed by atoms with Crippen LogP contribution in [0.5, 0.6) is 0 Å². The van der Waals surface area contributed by atoms with Crippen LogP contribution in [0.4, 0.5) is 11.5 Å². The van der Waals surface area contributed by atoms with Gasteiger partial charge in [-0.2, -0.15) is 0 Å². The fraction of sp³-hybridized carbons (Fsp3) is 0.133. The number of carbonyl (C=O) groups is 1. The minimum Gasteiger partial charge on any atom is -0.465 e. The van der Waals surface area contributed by atoms with E-state index in [-0.39, 0.29) is 5.97 Å². The summed E-state index contributed by atoms with van der Waals surface area (Å²) in [6.07, 6.45) is 7.10. The molecule has 0 aliphatic heterocycles. The lowest BCUT2D eigenvalue weighted by Gasteiger charge is -2.09. The summed E-state index contributed by atoms with van der Waals surface area (Å²) in [6, 6.07) is 5.42. The van der Waals surface area contributed by atoms with Crippen LogP contribution < -0.4 is 5.32 Å². The minimum absolute atomic E-state index is 0.340. The molecule has 0 radical (unpaired) electrons. The van der Waals surface area contributed by atoms with Gasteiger partial charge < -0.3 is 14.5 Å². The van der Waals surface area contributed by atoms with E-state index in [1.807, 2.05) is 35.9 Å². The van der Waals surface area contributed by atoms with Crippen molar-refractivity contribution in [1.29, 1.82) is 0 Å². The van der Waals surface area contributed by atoms with E-state index in [0.717, 1.165) is 16.9 Å². The fourth-order valence-corrected chi connectivity index (χ4v) is 2.16. The summed E-state index contributed by atoms with van der Waals surface area (Å²) in [5, 5.41) is 3.21. The van der Waals surface area contributed by atoms with E-state index in [9.17, 15) is 4.79 Å². The second-order valence-corrected chi connectivity index (χ2v) is 4.58. The third kappa shape index (κ3) is 2.43. The molecule has 2 aromatic heterocycles. The van der Waals surface area contributed by atoms with Gasteiger partial charge in [0.25, 0.3) is 0 Å². The normalized spacial score (nSPS) is 10.6. The van der Waals surface area contributed by atoms with E-state index in [1.54, 1.807) is 18.5 Å². The number of hydrogen-bond acceptors (Lipinski definition) is 5. The number of nitrogens with zero attached hydrogens (tertiary/aromatic N) is 3. The maximum atomic E-state index is 11.6. The first-order valence-electron chi connectivity index (χ1n) is 6.42. The Bertz CT molecular complexity index is 810. The van der Waals surface area contributed by atoms with Gasteiger partial charge in [-0.15, -0.1) is 0 Å².